The molecule has 0 bridgehead atoms. The summed E-state index contributed by atoms with van der Waals surface area (Å²) in [5.74, 6) is -2.34. The molecule has 214 valence electrons. The van der Waals surface area contributed by atoms with E-state index in [2.05, 4.69) is 11.4 Å². The van der Waals surface area contributed by atoms with E-state index < -0.39 is 12.1 Å². The summed E-state index contributed by atoms with van der Waals surface area (Å²) in [6, 6.07) is 21.1. The van der Waals surface area contributed by atoms with Gasteiger partial charge in [-0.25, -0.2) is 4.99 Å². The van der Waals surface area contributed by atoms with Crippen molar-refractivity contribution in [3.8, 4) is 6.07 Å². The van der Waals surface area contributed by atoms with Crippen molar-refractivity contribution >= 4 is 63.3 Å². The average molecular weight is 609 g/mol. The number of fused-ring (bicyclic) bond motifs is 1. The molecule has 1 saturated heterocycles. The Balaban J connectivity index is 1.53. The molecular weight excluding hydrogens is 585 g/mol. The van der Waals surface area contributed by atoms with Crippen LogP contribution in [0.1, 0.15) is 18.1 Å². The SMILES string of the molecule is CCNc1ccc(C#N)cc1N=C1S/C(=C2/Sc3cc(NC(=O)C(F)(F)F)ccc3N2C)C(=O)N1Cc1ccccc1. The summed E-state index contributed by atoms with van der Waals surface area (Å²) in [4.78, 5) is 34.6. The minimum Gasteiger partial charge on any atom is -0.384 e. The largest absolute Gasteiger partial charge is 0.471 e. The van der Waals surface area contributed by atoms with Crippen LogP contribution in [0.3, 0.4) is 0 Å². The molecule has 0 radical (unpaired) electrons. The lowest BCUT2D eigenvalue weighted by Gasteiger charge is -2.17. The number of nitrogens with one attached hydrogen (secondary N) is 2. The van der Waals surface area contributed by atoms with E-state index in [4.69, 9.17) is 4.99 Å². The molecule has 0 saturated carbocycles. The molecule has 5 rings (SSSR count). The molecule has 2 aliphatic rings. The number of carbonyl (C=O) groups is 2. The summed E-state index contributed by atoms with van der Waals surface area (Å²) >= 11 is 2.41. The van der Waals surface area contributed by atoms with Gasteiger partial charge in [0.25, 0.3) is 5.91 Å². The van der Waals surface area contributed by atoms with Crippen LogP contribution in [0, 0.1) is 11.3 Å². The normalized spacial score (nSPS) is 17.4. The zero-order valence-corrected chi connectivity index (χ0v) is 24.0. The van der Waals surface area contributed by atoms with E-state index in [-0.39, 0.29) is 18.1 Å². The smallest absolute Gasteiger partial charge is 0.384 e. The first-order valence-electron chi connectivity index (χ1n) is 12.7. The van der Waals surface area contributed by atoms with Gasteiger partial charge in [0.1, 0.15) is 4.91 Å². The number of carbonyl (C=O) groups excluding carboxylic acids is 2. The molecule has 3 aromatic rings. The van der Waals surface area contributed by atoms with Gasteiger partial charge in [-0.3, -0.25) is 14.5 Å². The number of anilines is 3. The van der Waals surface area contributed by atoms with Crippen LogP contribution in [0.4, 0.5) is 35.9 Å². The third-order valence-electron chi connectivity index (χ3n) is 6.30. The second-order valence-corrected chi connectivity index (χ2v) is 11.2. The first-order chi connectivity index (χ1) is 20.1. The fourth-order valence-electron chi connectivity index (χ4n) is 4.29. The van der Waals surface area contributed by atoms with Crippen molar-refractivity contribution in [1.29, 1.82) is 5.26 Å². The van der Waals surface area contributed by atoms with Crippen molar-refractivity contribution in [2.24, 2.45) is 4.99 Å². The zero-order valence-electron chi connectivity index (χ0n) is 22.3. The molecule has 2 N–H and O–H groups in total. The van der Waals surface area contributed by atoms with Crippen LogP contribution < -0.4 is 15.5 Å². The van der Waals surface area contributed by atoms with Crippen molar-refractivity contribution in [2.45, 2.75) is 24.5 Å². The highest BCUT2D eigenvalue weighted by Gasteiger charge is 2.41. The Bertz CT molecular complexity index is 1670. The maximum absolute atomic E-state index is 13.9. The van der Waals surface area contributed by atoms with E-state index >= 15 is 0 Å². The van der Waals surface area contributed by atoms with Crippen molar-refractivity contribution in [2.75, 3.05) is 29.1 Å². The predicted molar refractivity (Wildman–Crippen MR) is 159 cm³/mol. The molecular formula is C29H23F3N6O2S2. The maximum atomic E-state index is 13.9. The van der Waals surface area contributed by atoms with E-state index in [0.29, 0.717) is 49.2 Å². The number of benzene rings is 3. The number of amides is 2. The molecule has 13 heteroatoms. The van der Waals surface area contributed by atoms with E-state index in [1.165, 1.54) is 35.7 Å². The molecule has 0 aromatic heterocycles. The van der Waals surface area contributed by atoms with Crippen molar-refractivity contribution in [3.63, 3.8) is 0 Å². The lowest BCUT2D eigenvalue weighted by Crippen LogP contribution is -2.29. The summed E-state index contributed by atoms with van der Waals surface area (Å²) in [5.41, 5.74) is 3.21. The van der Waals surface area contributed by atoms with Gasteiger partial charge in [0, 0.05) is 24.2 Å². The highest BCUT2D eigenvalue weighted by molar-refractivity contribution is 8.19. The Morgan fingerprint density at radius 3 is 2.52 bits per heavy atom. The van der Waals surface area contributed by atoms with E-state index in [9.17, 15) is 28.0 Å². The monoisotopic (exact) mass is 608 g/mol. The molecule has 2 amide bonds. The fraction of sp³-hybridized carbons (Fsp3) is 0.172. The van der Waals surface area contributed by atoms with Gasteiger partial charge in [0.2, 0.25) is 0 Å². The number of nitriles is 1. The third-order valence-corrected chi connectivity index (χ3v) is 8.71. The molecule has 42 heavy (non-hydrogen) atoms. The van der Waals surface area contributed by atoms with Crippen LogP contribution in [0.25, 0.3) is 0 Å². The molecule has 2 heterocycles. The fourth-order valence-corrected chi connectivity index (χ4v) is 6.67. The Morgan fingerprint density at radius 1 is 1.07 bits per heavy atom. The molecule has 0 spiro atoms. The van der Waals surface area contributed by atoms with Crippen LogP contribution in [0.15, 0.2) is 86.6 Å². The molecule has 3 aromatic carbocycles. The predicted octanol–water partition coefficient (Wildman–Crippen LogP) is 6.67. The van der Waals surface area contributed by atoms with Crippen molar-refractivity contribution in [1.82, 2.24) is 4.90 Å². The molecule has 2 aliphatic heterocycles. The number of nitrogens with zero attached hydrogens (tertiary/aromatic N) is 4. The van der Waals surface area contributed by atoms with Crippen LogP contribution in [0.2, 0.25) is 0 Å². The Kier molecular flexibility index (Phi) is 8.20. The van der Waals surface area contributed by atoms with Crippen LogP contribution in [-0.4, -0.2) is 41.7 Å². The summed E-state index contributed by atoms with van der Waals surface area (Å²) in [7, 11) is 1.76. The maximum Gasteiger partial charge on any atom is 0.471 e. The Morgan fingerprint density at radius 2 is 1.83 bits per heavy atom. The van der Waals surface area contributed by atoms with Crippen molar-refractivity contribution in [3.05, 3.63) is 87.8 Å². The van der Waals surface area contributed by atoms with Gasteiger partial charge < -0.3 is 15.5 Å². The van der Waals surface area contributed by atoms with Gasteiger partial charge in [0.05, 0.1) is 40.3 Å². The highest BCUT2D eigenvalue weighted by Crippen LogP contribution is 2.51. The second-order valence-electron chi connectivity index (χ2n) is 9.18. The minimum atomic E-state index is -5.01. The number of hydrogen-bond acceptors (Lipinski definition) is 8. The highest BCUT2D eigenvalue weighted by atomic mass is 32.2. The average Bonchev–Trinajstić information content (AvgIpc) is 3.45. The van der Waals surface area contributed by atoms with Gasteiger partial charge in [-0.2, -0.15) is 18.4 Å². The standard InChI is InChI=1S/C29H23F3N6O2S2/c1-3-34-20-11-9-18(15-33)13-21(20)36-28-38(16-17-7-5-4-6-8-17)25(39)24(42-28)26-37(2)22-12-10-19(14-23(22)41-26)35-27(40)29(30,31)32/h4-14,34H,3,16H2,1-2H3,(H,35,40)/b26-24+,36-28?. The second kappa shape index (κ2) is 11.8. The lowest BCUT2D eigenvalue weighted by atomic mass is 10.2. The van der Waals surface area contributed by atoms with Crippen LogP contribution in [-0.2, 0) is 16.1 Å². The molecule has 0 unspecified atom stereocenters. The van der Waals surface area contributed by atoms with E-state index in [1.54, 1.807) is 41.1 Å². The zero-order chi connectivity index (χ0) is 30.0. The van der Waals surface area contributed by atoms with Gasteiger partial charge in [-0.05, 0) is 60.6 Å². The van der Waals surface area contributed by atoms with Crippen LogP contribution in [0.5, 0.6) is 0 Å². The number of amidine groups is 1. The van der Waals surface area contributed by atoms with Crippen LogP contribution >= 0.6 is 23.5 Å². The summed E-state index contributed by atoms with van der Waals surface area (Å²) in [6.45, 7) is 2.83. The number of halogens is 3. The molecule has 8 nitrogen and oxygen atoms in total. The quantitative estimate of drug-likeness (QED) is 0.302. The van der Waals surface area contributed by atoms with Gasteiger partial charge in [0.15, 0.2) is 5.17 Å². The lowest BCUT2D eigenvalue weighted by molar-refractivity contribution is -0.167. The molecule has 0 atom stereocenters. The summed E-state index contributed by atoms with van der Waals surface area (Å²) in [5, 5.41) is 15.6. The summed E-state index contributed by atoms with van der Waals surface area (Å²) < 4.78 is 38.3. The summed E-state index contributed by atoms with van der Waals surface area (Å²) in [6.07, 6.45) is -5.01. The Labute approximate surface area is 248 Å². The third kappa shape index (κ3) is 5.95. The minimum absolute atomic E-state index is 0.00471. The molecule has 0 aliphatic carbocycles. The number of rotatable bonds is 6. The molecule has 1 fully saturated rings. The van der Waals surface area contributed by atoms with E-state index in [1.807, 2.05) is 42.6 Å². The number of thioether (sulfide) groups is 2. The number of alkyl halides is 3. The first-order valence-corrected chi connectivity index (χ1v) is 14.3. The topological polar surface area (TPSA) is 101 Å². The van der Waals surface area contributed by atoms with Gasteiger partial charge in [-0.15, -0.1) is 0 Å². The Hall–Kier alpha value is -4.41. The first kappa shape index (κ1) is 29.1. The van der Waals surface area contributed by atoms with E-state index in [0.717, 1.165) is 5.56 Å². The van der Waals surface area contributed by atoms with Gasteiger partial charge >= 0.3 is 12.1 Å². The number of hydrogen-bond donors (Lipinski definition) is 2. The number of aliphatic imine (C=N–C) groups is 1. The van der Waals surface area contributed by atoms with Gasteiger partial charge in [-0.1, -0.05) is 42.1 Å². The van der Waals surface area contributed by atoms with Crippen molar-refractivity contribution < 1.29 is 22.8 Å².